The predicted molar refractivity (Wildman–Crippen MR) is 60.0 cm³/mol. The van der Waals surface area contributed by atoms with E-state index < -0.39 is 0 Å². The van der Waals surface area contributed by atoms with Crippen LogP contribution in [0, 0.1) is 11.3 Å². The van der Waals surface area contributed by atoms with Gasteiger partial charge in [0.25, 0.3) is 0 Å². The molecule has 3 nitrogen and oxygen atoms in total. The summed E-state index contributed by atoms with van der Waals surface area (Å²) < 4.78 is 0. The van der Waals surface area contributed by atoms with E-state index in [1.165, 1.54) is 11.8 Å². The van der Waals surface area contributed by atoms with Gasteiger partial charge in [-0.25, -0.2) is 0 Å². The molecule has 1 aromatic carbocycles. The van der Waals surface area contributed by atoms with Gasteiger partial charge in [-0.3, -0.25) is 4.79 Å². The van der Waals surface area contributed by atoms with Crippen LogP contribution in [0.2, 0.25) is 5.02 Å². The maximum Gasteiger partial charge on any atom is 0.238 e. The Kier molecular flexibility index (Phi) is 2.85. The van der Waals surface area contributed by atoms with Crippen molar-refractivity contribution in [1.29, 1.82) is 5.26 Å². The van der Waals surface area contributed by atoms with Crippen LogP contribution in [-0.2, 0) is 4.79 Å². The Balaban J connectivity index is 2.30. The number of carbonyl (C=O) groups excluding carboxylic acids is 1. The molecule has 1 atom stereocenters. The van der Waals surface area contributed by atoms with Gasteiger partial charge < -0.3 is 5.32 Å². The summed E-state index contributed by atoms with van der Waals surface area (Å²) in [4.78, 5) is 12.5. The predicted octanol–water partition coefficient (Wildman–Crippen LogP) is 2.67. The third-order valence-corrected chi connectivity index (χ3v) is 3.55. The maximum atomic E-state index is 11.5. The van der Waals surface area contributed by atoms with E-state index in [9.17, 15) is 4.79 Å². The molecular formula is C10H7ClN2OS. The van der Waals surface area contributed by atoms with E-state index in [1.807, 2.05) is 12.1 Å². The number of rotatable bonds is 1. The Morgan fingerprint density at radius 3 is 3.13 bits per heavy atom. The second-order valence-corrected chi connectivity index (χ2v) is 4.78. The number of hydrogen-bond acceptors (Lipinski definition) is 3. The first kappa shape index (κ1) is 10.3. The number of benzene rings is 1. The monoisotopic (exact) mass is 238 g/mol. The molecule has 1 aliphatic heterocycles. The van der Waals surface area contributed by atoms with E-state index in [0.29, 0.717) is 5.02 Å². The number of carbonyl (C=O) groups is 1. The Morgan fingerprint density at radius 2 is 2.40 bits per heavy atom. The van der Waals surface area contributed by atoms with E-state index in [0.717, 1.165) is 10.6 Å². The molecule has 2 rings (SSSR count). The Morgan fingerprint density at radius 1 is 1.60 bits per heavy atom. The van der Waals surface area contributed by atoms with Gasteiger partial charge in [-0.2, -0.15) is 5.26 Å². The molecule has 0 aliphatic carbocycles. The maximum absolute atomic E-state index is 11.5. The second kappa shape index (κ2) is 4.13. The van der Waals surface area contributed by atoms with Crippen LogP contribution in [-0.4, -0.2) is 11.2 Å². The minimum Gasteiger partial charge on any atom is -0.324 e. The van der Waals surface area contributed by atoms with Crippen molar-refractivity contribution in [3.05, 3.63) is 23.2 Å². The summed E-state index contributed by atoms with van der Waals surface area (Å²) in [7, 11) is 0. The highest BCUT2D eigenvalue weighted by molar-refractivity contribution is 8.01. The summed E-state index contributed by atoms with van der Waals surface area (Å²) in [5, 5.41) is 11.6. The summed E-state index contributed by atoms with van der Waals surface area (Å²) in [5.74, 6) is -0.128. The second-order valence-electron chi connectivity index (χ2n) is 3.10. The number of nitrogens with one attached hydrogen (secondary N) is 1. The number of fused-ring (bicyclic) bond motifs is 1. The molecule has 5 heteroatoms. The molecule has 1 N–H and O–H groups in total. The van der Waals surface area contributed by atoms with Crippen LogP contribution in [0.3, 0.4) is 0 Å². The van der Waals surface area contributed by atoms with Gasteiger partial charge in [0.15, 0.2) is 0 Å². The topological polar surface area (TPSA) is 52.9 Å². The van der Waals surface area contributed by atoms with Crippen molar-refractivity contribution in [2.75, 3.05) is 5.32 Å². The van der Waals surface area contributed by atoms with Crippen molar-refractivity contribution in [2.24, 2.45) is 0 Å². The molecule has 0 spiro atoms. The smallest absolute Gasteiger partial charge is 0.238 e. The molecule has 0 bridgehead atoms. The van der Waals surface area contributed by atoms with Crippen molar-refractivity contribution in [3.8, 4) is 6.07 Å². The average Bonchev–Trinajstić information content (AvgIpc) is 2.20. The fourth-order valence-corrected chi connectivity index (χ4v) is 2.53. The summed E-state index contributed by atoms with van der Waals surface area (Å²) >= 11 is 7.21. The third-order valence-electron chi connectivity index (χ3n) is 2.04. The minimum atomic E-state index is -0.316. The summed E-state index contributed by atoms with van der Waals surface area (Å²) in [6.45, 7) is 0. The normalized spacial score (nSPS) is 18.9. The first-order valence-electron chi connectivity index (χ1n) is 4.35. The molecule has 76 valence electrons. The summed E-state index contributed by atoms with van der Waals surface area (Å²) in [6.07, 6.45) is 0.221. The van der Waals surface area contributed by atoms with E-state index >= 15 is 0 Å². The van der Waals surface area contributed by atoms with Gasteiger partial charge in [-0.15, -0.1) is 11.8 Å². The first-order chi connectivity index (χ1) is 7.20. The molecule has 0 aromatic heterocycles. The van der Waals surface area contributed by atoms with Crippen LogP contribution in [0.5, 0.6) is 0 Å². The lowest BCUT2D eigenvalue weighted by Gasteiger charge is -2.22. The Bertz CT molecular complexity index is 455. The van der Waals surface area contributed by atoms with Crippen LogP contribution >= 0.6 is 23.4 Å². The van der Waals surface area contributed by atoms with Crippen LogP contribution in [0.25, 0.3) is 0 Å². The van der Waals surface area contributed by atoms with E-state index in [4.69, 9.17) is 16.9 Å². The molecule has 1 aliphatic rings. The fraction of sp³-hybridized carbons (Fsp3) is 0.200. The van der Waals surface area contributed by atoms with Gasteiger partial charge in [0, 0.05) is 9.92 Å². The van der Waals surface area contributed by atoms with Crippen LogP contribution in [0.4, 0.5) is 5.69 Å². The number of anilines is 1. The lowest BCUT2D eigenvalue weighted by atomic mass is 10.2. The number of amides is 1. The first-order valence-corrected chi connectivity index (χ1v) is 5.60. The quantitative estimate of drug-likeness (QED) is 0.818. The van der Waals surface area contributed by atoms with Gasteiger partial charge in [-0.05, 0) is 18.2 Å². The number of nitrogens with zero attached hydrogens (tertiary/aromatic N) is 1. The third kappa shape index (κ3) is 2.09. The van der Waals surface area contributed by atoms with Crippen molar-refractivity contribution < 1.29 is 4.79 Å². The van der Waals surface area contributed by atoms with Crippen molar-refractivity contribution in [1.82, 2.24) is 0 Å². The Labute approximate surface area is 96.4 Å². The molecule has 1 unspecified atom stereocenters. The minimum absolute atomic E-state index is 0.128. The van der Waals surface area contributed by atoms with Crippen LogP contribution in [0.1, 0.15) is 6.42 Å². The zero-order valence-corrected chi connectivity index (χ0v) is 9.23. The van der Waals surface area contributed by atoms with Crippen molar-refractivity contribution in [2.45, 2.75) is 16.6 Å². The van der Waals surface area contributed by atoms with Gasteiger partial charge >= 0.3 is 0 Å². The number of halogens is 1. The molecule has 1 heterocycles. The lowest BCUT2D eigenvalue weighted by Crippen LogP contribution is -2.28. The highest BCUT2D eigenvalue weighted by Gasteiger charge is 2.26. The van der Waals surface area contributed by atoms with E-state index in [2.05, 4.69) is 5.32 Å². The van der Waals surface area contributed by atoms with Gasteiger partial charge in [0.2, 0.25) is 5.91 Å². The molecule has 1 aromatic rings. The summed E-state index contributed by atoms with van der Waals surface area (Å²) in [5.41, 5.74) is 0.728. The van der Waals surface area contributed by atoms with Crippen molar-refractivity contribution >= 4 is 35.0 Å². The molecule has 0 saturated carbocycles. The molecule has 0 saturated heterocycles. The molecular weight excluding hydrogens is 232 g/mol. The van der Waals surface area contributed by atoms with Crippen LogP contribution < -0.4 is 5.32 Å². The SMILES string of the molecule is N#CCC1Sc2ccc(Cl)cc2NC1=O. The average molecular weight is 239 g/mol. The van der Waals surface area contributed by atoms with Crippen LogP contribution in [0.15, 0.2) is 23.1 Å². The van der Waals surface area contributed by atoms with Gasteiger partial charge in [0.05, 0.1) is 18.2 Å². The number of thioether (sulfide) groups is 1. The Hall–Kier alpha value is -1.18. The molecule has 15 heavy (non-hydrogen) atoms. The number of nitriles is 1. The summed E-state index contributed by atoms with van der Waals surface area (Å²) in [6, 6.07) is 7.34. The largest absolute Gasteiger partial charge is 0.324 e. The highest BCUT2D eigenvalue weighted by atomic mass is 35.5. The van der Waals surface area contributed by atoms with Gasteiger partial charge in [0.1, 0.15) is 5.25 Å². The zero-order valence-electron chi connectivity index (χ0n) is 7.66. The standard InChI is InChI=1S/C10H7ClN2OS/c11-6-1-2-8-7(5-6)13-10(14)9(15-8)3-4-12/h1-2,5,9H,3H2,(H,13,14). The fourth-order valence-electron chi connectivity index (χ4n) is 1.34. The highest BCUT2D eigenvalue weighted by Crippen LogP contribution is 2.37. The van der Waals surface area contributed by atoms with Crippen molar-refractivity contribution in [3.63, 3.8) is 0 Å². The van der Waals surface area contributed by atoms with E-state index in [1.54, 1.807) is 12.1 Å². The lowest BCUT2D eigenvalue weighted by molar-refractivity contribution is -0.115. The van der Waals surface area contributed by atoms with E-state index in [-0.39, 0.29) is 17.6 Å². The molecule has 0 fully saturated rings. The van der Waals surface area contributed by atoms with Gasteiger partial charge in [-0.1, -0.05) is 11.6 Å². The molecule has 1 amide bonds. The molecule has 0 radical (unpaired) electrons. The zero-order chi connectivity index (χ0) is 10.8. The number of hydrogen-bond donors (Lipinski definition) is 1.